The van der Waals surface area contributed by atoms with Crippen LogP contribution in [0.1, 0.15) is 40.0 Å². The second-order valence-electron chi connectivity index (χ2n) is 6.36. The number of rotatable bonds is 5. The lowest BCUT2D eigenvalue weighted by Gasteiger charge is -2.27. The Kier molecular flexibility index (Phi) is 4.29. The predicted molar refractivity (Wildman–Crippen MR) is 74.4 cm³/mol. The Morgan fingerprint density at radius 3 is 2.21 bits per heavy atom. The van der Waals surface area contributed by atoms with Crippen LogP contribution in [0.5, 0.6) is 0 Å². The Balaban J connectivity index is 2.06. The number of carbonyl (C=O) groups excluding carboxylic acids is 2. The zero-order valence-electron chi connectivity index (χ0n) is 12.5. The van der Waals surface area contributed by atoms with E-state index in [0.717, 1.165) is 19.3 Å². The van der Waals surface area contributed by atoms with Gasteiger partial charge in [0.15, 0.2) is 0 Å². The number of likely N-dealkylation sites (N-methyl/N-ethyl adjacent to an activating group) is 1. The molecule has 0 aromatic rings. The molecule has 0 radical (unpaired) electrons. The third-order valence-corrected chi connectivity index (χ3v) is 5.05. The predicted octanol–water partition coefficient (Wildman–Crippen LogP) is 1.65. The van der Waals surface area contributed by atoms with Crippen molar-refractivity contribution in [2.24, 2.45) is 23.7 Å². The molecule has 1 saturated carbocycles. The minimum Gasteiger partial charge on any atom is -0.315 e. The first-order valence-corrected chi connectivity index (χ1v) is 7.52. The summed E-state index contributed by atoms with van der Waals surface area (Å²) in [6.45, 7) is 6.97. The Morgan fingerprint density at radius 2 is 1.79 bits per heavy atom. The number of fused-ring (bicyclic) bond motifs is 1. The Hall–Kier alpha value is -0.900. The smallest absolute Gasteiger partial charge is 0.233 e. The number of imide groups is 1. The molecule has 0 bridgehead atoms. The quantitative estimate of drug-likeness (QED) is 0.770. The molecular formula is C15H26N2O2. The molecule has 0 aromatic carbocycles. The molecule has 2 fully saturated rings. The van der Waals surface area contributed by atoms with Gasteiger partial charge in [-0.3, -0.25) is 14.5 Å². The molecule has 19 heavy (non-hydrogen) atoms. The number of nitrogens with zero attached hydrogens (tertiary/aromatic N) is 1. The first kappa shape index (κ1) is 14.5. The Labute approximate surface area is 115 Å². The van der Waals surface area contributed by atoms with Gasteiger partial charge in [0, 0.05) is 12.6 Å². The fourth-order valence-electron chi connectivity index (χ4n) is 3.56. The van der Waals surface area contributed by atoms with Crippen molar-refractivity contribution in [1.82, 2.24) is 10.2 Å². The maximum absolute atomic E-state index is 12.4. The topological polar surface area (TPSA) is 49.4 Å². The van der Waals surface area contributed by atoms with Crippen molar-refractivity contribution in [2.75, 3.05) is 13.6 Å². The molecule has 1 saturated heterocycles. The third-order valence-electron chi connectivity index (χ3n) is 5.05. The summed E-state index contributed by atoms with van der Waals surface area (Å²) in [5.41, 5.74) is 0. The van der Waals surface area contributed by atoms with E-state index in [-0.39, 0.29) is 29.7 Å². The molecule has 108 valence electrons. The Bertz CT molecular complexity index is 345. The molecule has 1 heterocycles. The fourth-order valence-corrected chi connectivity index (χ4v) is 3.56. The molecule has 0 aromatic heterocycles. The van der Waals surface area contributed by atoms with Crippen molar-refractivity contribution in [3.63, 3.8) is 0 Å². The number of hydrogen-bond donors (Lipinski definition) is 1. The minimum atomic E-state index is -0.0306. The highest BCUT2D eigenvalue weighted by Crippen LogP contribution is 2.42. The van der Waals surface area contributed by atoms with E-state index < -0.39 is 0 Å². The largest absolute Gasteiger partial charge is 0.315 e. The number of hydrogen-bond acceptors (Lipinski definition) is 3. The molecule has 4 atom stereocenters. The average molecular weight is 266 g/mol. The summed E-state index contributed by atoms with van der Waals surface area (Å²) in [5.74, 6) is 1.06. The zero-order valence-corrected chi connectivity index (χ0v) is 12.5. The van der Waals surface area contributed by atoms with Crippen LogP contribution in [0.25, 0.3) is 0 Å². The maximum Gasteiger partial charge on any atom is 0.233 e. The van der Waals surface area contributed by atoms with E-state index in [2.05, 4.69) is 26.1 Å². The van der Waals surface area contributed by atoms with E-state index in [1.165, 1.54) is 4.90 Å². The monoisotopic (exact) mass is 266 g/mol. The van der Waals surface area contributed by atoms with Crippen LogP contribution < -0.4 is 5.32 Å². The average Bonchev–Trinajstić information content (AvgIpc) is 2.87. The van der Waals surface area contributed by atoms with Gasteiger partial charge in [-0.05, 0) is 31.7 Å². The van der Waals surface area contributed by atoms with Crippen molar-refractivity contribution >= 4 is 11.8 Å². The van der Waals surface area contributed by atoms with Gasteiger partial charge in [-0.2, -0.15) is 0 Å². The third kappa shape index (κ3) is 2.55. The summed E-state index contributed by atoms with van der Waals surface area (Å²) in [4.78, 5) is 26.3. The number of nitrogens with one attached hydrogen (secondary N) is 1. The molecule has 4 heteroatoms. The van der Waals surface area contributed by atoms with E-state index in [9.17, 15) is 9.59 Å². The number of carbonyl (C=O) groups is 2. The molecule has 4 unspecified atom stereocenters. The SMILES string of the molecule is CCC(C)C(CN1C(=O)C2CC(C)CC2C1=O)NC. The van der Waals surface area contributed by atoms with Crippen LogP contribution in [0, 0.1) is 23.7 Å². The minimum absolute atomic E-state index is 0.0306. The second kappa shape index (κ2) is 5.61. The normalized spacial score (nSPS) is 33.7. The number of likely N-dealkylation sites (tertiary alicyclic amines) is 1. The molecule has 1 N–H and O–H groups in total. The lowest BCUT2D eigenvalue weighted by atomic mass is 9.98. The first-order chi connectivity index (χ1) is 8.99. The first-order valence-electron chi connectivity index (χ1n) is 7.52. The highest BCUT2D eigenvalue weighted by atomic mass is 16.2. The van der Waals surface area contributed by atoms with Gasteiger partial charge in [-0.15, -0.1) is 0 Å². The van der Waals surface area contributed by atoms with Gasteiger partial charge < -0.3 is 5.32 Å². The van der Waals surface area contributed by atoms with Crippen LogP contribution in [0.15, 0.2) is 0 Å². The summed E-state index contributed by atoms with van der Waals surface area (Å²) in [7, 11) is 1.91. The highest BCUT2D eigenvalue weighted by Gasteiger charge is 2.51. The van der Waals surface area contributed by atoms with Crippen molar-refractivity contribution in [2.45, 2.75) is 46.1 Å². The van der Waals surface area contributed by atoms with Gasteiger partial charge >= 0.3 is 0 Å². The van der Waals surface area contributed by atoms with Crippen molar-refractivity contribution < 1.29 is 9.59 Å². The molecular weight excluding hydrogens is 240 g/mol. The summed E-state index contributed by atoms with van der Waals surface area (Å²) < 4.78 is 0. The summed E-state index contributed by atoms with van der Waals surface area (Å²) >= 11 is 0. The molecule has 2 aliphatic rings. The molecule has 4 nitrogen and oxygen atoms in total. The van der Waals surface area contributed by atoms with Gasteiger partial charge in [0.25, 0.3) is 0 Å². The van der Waals surface area contributed by atoms with E-state index in [4.69, 9.17) is 0 Å². The van der Waals surface area contributed by atoms with Crippen LogP contribution in [0.4, 0.5) is 0 Å². The van der Waals surface area contributed by atoms with Crippen LogP contribution >= 0.6 is 0 Å². The van der Waals surface area contributed by atoms with E-state index in [0.29, 0.717) is 18.4 Å². The zero-order chi connectivity index (χ0) is 14.2. The van der Waals surface area contributed by atoms with Gasteiger partial charge in [0.1, 0.15) is 0 Å². The lowest BCUT2D eigenvalue weighted by Crippen LogP contribution is -2.46. The second-order valence-corrected chi connectivity index (χ2v) is 6.36. The summed E-state index contributed by atoms with van der Waals surface area (Å²) in [5, 5.41) is 3.25. The van der Waals surface area contributed by atoms with Gasteiger partial charge in [0.05, 0.1) is 11.8 Å². The van der Waals surface area contributed by atoms with Gasteiger partial charge in [-0.25, -0.2) is 0 Å². The van der Waals surface area contributed by atoms with Gasteiger partial charge in [0.2, 0.25) is 11.8 Å². The molecule has 1 aliphatic carbocycles. The van der Waals surface area contributed by atoms with Crippen molar-refractivity contribution in [1.29, 1.82) is 0 Å². The van der Waals surface area contributed by atoms with Crippen molar-refractivity contribution in [3.8, 4) is 0 Å². The van der Waals surface area contributed by atoms with Crippen LogP contribution in [-0.2, 0) is 9.59 Å². The fraction of sp³-hybridized carbons (Fsp3) is 0.867. The lowest BCUT2D eigenvalue weighted by molar-refractivity contribution is -0.141. The van der Waals surface area contributed by atoms with E-state index in [1.807, 2.05) is 7.05 Å². The van der Waals surface area contributed by atoms with Crippen LogP contribution in [-0.4, -0.2) is 36.3 Å². The molecule has 2 amide bonds. The highest BCUT2D eigenvalue weighted by molar-refractivity contribution is 6.05. The standard InChI is InChI=1S/C15H26N2O2/c1-5-10(3)13(16-4)8-17-14(18)11-6-9(2)7-12(11)15(17)19/h9-13,16H,5-8H2,1-4H3. The Morgan fingerprint density at radius 1 is 1.26 bits per heavy atom. The molecule has 1 aliphatic heterocycles. The molecule has 2 rings (SSSR count). The van der Waals surface area contributed by atoms with E-state index >= 15 is 0 Å². The maximum atomic E-state index is 12.4. The van der Waals surface area contributed by atoms with E-state index in [1.54, 1.807) is 0 Å². The van der Waals surface area contributed by atoms with Crippen molar-refractivity contribution in [3.05, 3.63) is 0 Å². The summed E-state index contributed by atoms with van der Waals surface area (Å²) in [6, 6.07) is 0.203. The van der Waals surface area contributed by atoms with Crippen LogP contribution in [0.3, 0.4) is 0 Å². The number of amides is 2. The molecule has 0 spiro atoms. The van der Waals surface area contributed by atoms with Crippen LogP contribution in [0.2, 0.25) is 0 Å². The summed E-state index contributed by atoms with van der Waals surface area (Å²) in [6.07, 6.45) is 2.82. The van der Waals surface area contributed by atoms with Gasteiger partial charge in [-0.1, -0.05) is 27.2 Å².